The highest BCUT2D eigenvalue weighted by atomic mass is 35.5. The van der Waals surface area contributed by atoms with Gasteiger partial charge in [0.05, 0.1) is 22.5 Å². The van der Waals surface area contributed by atoms with Crippen molar-refractivity contribution in [1.82, 2.24) is 19.9 Å². The number of aromatic nitrogens is 3. The average Bonchev–Trinajstić information content (AvgIpc) is 3.21. The first kappa shape index (κ1) is 17.9. The molecule has 0 saturated carbocycles. The summed E-state index contributed by atoms with van der Waals surface area (Å²) in [5.74, 6) is 0.965. The van der Waals surface area contributed by atoms with Crippen LogP contribution in [-0.4, -0.2) is 38.8 Å². The summed E-state index contributed by atoms with van der Waals surface area (Å²) >= 11 is 7.68. The Bertz CT molecular complexity index is 925. The zero-order valence-electron chi connectivity index (χ0n) is 14.5. The Hall–Kier alpha value is -2.51. The van der Waals surface area contributed by atoms with E-state index in [1.807, 2.05) is 28.6 Å². The molecule has 0 atom stereocenters. The zero-order valence-corrected chi connectivity index (χ0v) is 16.1. The molecular formula is C19H18ClN5OS. The van der Waals surface area contributed by atoms with Crippen LogP contribution in [0.5, 0.6) is 0 Å². The highest BCUT2D eigenvalue weighted by molar-refractivity contribution is 7.13. The lowest BCUT2D eigenvalue weighted by atomic mass is 9.93. The van der Waals surface area contributed by atoms with Gasteiger partial charge in [-0.1, -0.05) is 23.7 Å². The van der Waals surface area contributed by atoms with Crippen molar-refractivity contribution in [2.75, 3.05) is 18.4 Å². The quantitative estimate of drug-likeness (QED) is 0.706. The van der Waals surface area contributed by atoms with Gasteiger partial charge < -0.3 is 10.2 Å². The van der Waals surface area contributed by atoms with E-state index in [-0.39, 0.29) is 11.8 Å². The normalized spacial score (nSPS) is 14.9. The number of halogens is 1. The number of nitrogens with one attached hydrogen (secondary N) is 1. The van der Waals surface area contributed by atoms with Crippen LogP contribution in [0.2, 0.25) is 5.02 Å². The minimum absolute atomic E-state index is 0.00989. The molecular weight excluding hydrogens is 382 g/mol. The maximum absolute atomic E-state index is 12.7. The molecule has 4 rings (SSSR count). The third-order valence-electron chi connectivity index (χ3n) is 4.63. The number of carbonyl (C=O) groups is 1. The molecule has 1 fully saturated rings. The summed E-state index contributed by atoms with van der Waals surface area (Å²) < 4.78 is 0. The van der Waals surface area contributed by atoms with Gasteiger partial charge in [-0.15, -0.1) is 11.3 Å². The van der Waals surface area contributed by atoms with Gasteiger partial charge in [0.15, 0.2) is 10.9 Å². The number of carbonyl (C=O) groups excluding carboxylic acids is 1. The van der Waals surface area contributed by atoms with Crippen molar-refractivity contribution in [3.05, 3.63) is 64.5 Å². The molecule has 27 heavy (non-hydrogen) atoms. The van der Waals surface area contributed by atoms with Gasteiger partial charge >= 0.3 is 0 Å². The van der Waals surface area contributed by atoms with Crippen LogP contribution in [-0.2, 0) is 0 Å². The molecule has 1 amide bonds. The minimum Gasteiger partial charge on any atom is -0.339 e. The molecule has 2 aromatic heterocycles. The van der Waals surface area contributed by atoms with Gasteiger partial charge in [0, 0.05) is 36.8 Å². The summed E-state index contributed by atoms with van der Waals surface area (Å²) in [6, 6.07) is 7.19. The van der Waals surface area contributed by atoms with E-state index in [9.17, 15) is 4.79 Å². The van der Waals surface area contributed by atoms with Crippen molar-refractivity contribution in [3.63, 3.8) is 0 Å². The monoisotopic (exact) mass is 399 g/mol. The molecule has 1 aromatic carbocycles. The largest absolute Gasteiger partial charge is 0.339 e. The molecule has 6 nitrogen and oxygen atoms in total. The van der Waals surface area contributed by atoms with Gasteiger partial charge in [-0.05, 0) is 25.0 Å². The second kappa shape index (κ2) is 8.02. The van der Waals surface area contributed by atoms with Crippen LogP contribution in [0.1, 0.15) is 34.8 Å². The molecule has 0 spiro atoms. The molecule has 1 aliphatic rings. The number of piperidine rings is 1. The summed E-state index contributed by atoms with van der Waals surface area (Å²) in [5.41, 5.74) is 1.51. The minimum atomic E-state index is -0.00989. The Labute approximate surface area is 166 Å². The third kappa shape index (κ3) is 4.09. The molecule has 1 N–H and O–H groups in total. The number of likely N-dealkylation sites (tertiary alicyclic amines) is 1. The van der Waals surface area contributed by atoms with E-state index in [4.69, 9.17) is 11.6 Å². The molecule has 0 unspecified atom stereocenters. The van der Waals surface area contributed by atoms with Gasteiger partial charge in [-0.25, -0.2) is 9.97 Å². The fraction of sp³-hybridized carbons (Fsp3) is 0.263. The number of nitrogens with zero attached hydrogens (tertiary/aromatic N) is 4. The first-order valence-corrected chi connectivity index (χ1v) is 9.99. The SMILES string of the molecule is O=C(c1ccccc1Cl)N1CCC(c2cncc(Nc3nccs3)n2)CC1. The second-order valence-electron chi connectivity index (χ2n) is 6.34. The predicted octanol–water partition coefficient (Wildman–Crippen LogP) is 4.35. The fourth-order valence-corrected chi connectivity index (χ4v) is 3.97. The van der Waals surface area contributed by atoms with E-state index in [2.05, 4.69) is 20.3 Å². The number of rotatable bonds is 4. The summed E-state index contributed by atoms with van der Waals surface area (Å²) in [6.07, 6.45) is 6.96. The van der Waals surface area contributed by atoms with Gasteiger partial charge in [0.2, 0.25) is 0 Å². The van der Waals surface area contributed by atoms with E-state index in [1.165, 1.54) is 11.3 Å². The van der Waals surface area contributed by atoms with E-state index >= 15 is 0 Å². The highest BCUT2D eigenvalue weighted by Gasteiger charge is 2.26. The molecule has 0 aliphatic carbocycles. The van der Waals surface area contributed by atoms with Crippen LogP contribution < -0.4 is 5.32 Å². The number of anilines is 2. The molecule has 3 aromatic rings. The maximum atomic E-state index is 12.7. The summed E-state index contributed by atoms with van der Waals surface area (Å²) in [5, 5.41) is 6.37. The first-order valence-electron chi connectivity index (χ1n) is 8.73. The van der Waals surface area contributed by atoms with Crippen molar-refractivity contribution in [3.8, 4) is 0 Å². The van der Waals surface area contributed by atoms with Crippen LogP contribution in [0.15, 0.2) is 48.2 Å². The van der Waals surface area contributed by atoms with Crippen LogP contribution in [0.3, 0.4) is 0 Å². The number of thiazole rings is 1. The lowest BCUT2D eigenvalue weighted by Crippen LogP contribution is -2.38. The molecule has 3 heterocycles. The Morgan fingerprint density at radius 2 is 2.04 bits per heavy atom. The molecule has 138 valence electrons. The lowest BCUT2D eigenvalue weighted by molar-refractivity contribution is 0.0712. The zero-order chi connectivity index (χ0) is 18.6. The Morgan fingerprint density at radius 3 is 2.78 bits per heavy atom. The van der Waals surface area contributed by atoms with Gasteiger partial charge in [-0.2, -0.15) is 0 Å². The van der Waals surface area contributed by atoms with Crippen molar-refractivity contribution < 1.29 is 4.79 Å². The van der Waals surface area contributed by atoms with Crippen molar-refractivity contribution in [2.45, 2.75) is 18.8 Å². The molecule has 1 aliphatic heterocycles. The van der Waals surface area contributed by atoms with Crippen LogP contribution in [0.4, 0.5) is 10.9 Å². The van der Waals surface area contributed by atoms with Crippen LogP contribution in [0, 0.1) is 0 Å². The summed E-state index contributed by atoms with van der Waals surface area (Å²) in [4.78, 5) is 27.8. The van der Waals surface area contributed by atoms with Gasteiger partial charge in [0.25, 0.3) is 5.91 Å². The number of hydrogen-bond donors (Lipinski definition) is 1. The highest BCUT2D eigenvalue weighted by Crippen LogP contribution is 2.29. The fourth-order valence-electron chi connectivity index (χ4n) is 3.22. The number of hydrogen-bond acceptors (Lipinski definition) is 6. The summed E-state index contributed by atoms with van der Waals surface area (Å²) in [7, 11) is 0. The smallest absolute Gasteiger partial charge is 0.255 e. The Morgan fingerprint density at radius 1 is 1.22 bits per heavy atom. The third-order valence-corrected chi connectivity index (χ3v) is 5.64. The second-order valence-corrected chi connectivity index (χ2v) is 7.64. The molecule has 8 heteroatoms. The van der Waals surface area contributed by atoms with Crippen molar-refractivity contribution in [1.29, 1.82) is 0 Å². The molecule has 1 saturated heterocycles. The van der Waals surface area contributed by atoms with Crippen LogP contribution in [0.25, 0.3) is 0 Å². The predicted molar refractivity (Wildman–Crippen MR) is 107 cm³/mol. The van der Waals surface area contributed by atoms with Gasteiger partial charge in [-0.3, -0.25) is 9.78 Å². The van der Waals surface area contributed by atoms with E-state index in [0.717, 1.165) is 23.7 Å². The number of amides is 1. The lowest BCUT2D eigenvalue weighted by Gasteiger charge is -2.32. The van der Waals surface area contributed by atoms with E-state index < -0.39 is 0 Å². The van der Waals surface area contributed by atoms with Crippen LogP contribution >= 0.6 is 22.9 Å². The maximum Gasteiger partial charge on any atom is 0.255 e. The molecule has 0 radical (unpaired) electrons. The molecule has 0 bridgehead atoms. The Kier molecular flexibility index (Phi) is 5.31. The standard InChI is InChI=1S/C19H18ClN5OS/c20-15-4-2-1-3-14(15)18(26)25-8-5-13(6-9-25)16-11-21-12-17(23-16)24-19-22-7-10-27-19/h1-4,7,10-13H,5-6,8-9H2,(H,22,23,24). The average molecular weight is 400 g/mol. The number of benzene rings is 1. The van der Waals surface area contributed by atoms with E-state index in [1.54, 1.807) is 24.5 Å². The topological polar surface area (TPSA) is 71.0 Å². The first-order chi connectivity index (χ1) is 13.2. The van der Waals surface area contributed by atoms with E-state index in [0.29, 0.717) is 29.5 Å². The van der Waals surface area contributed by atoms with Crippen molar-refractivity contribution in [2.24, 2.45) is 0 Å². The van der Waals surface area contributed by atoms with Gasteiger partial charge in [0.1, 0.15) is 0 Å². The summed E-state index contributed by atoms with van der Waals surface area (Å²) in [6.45, 7) is 1.36. The van der Waals surface area contributed by atoms with Crippen molar-refractivity contribution >= 4 is 39.8 Å². The Balaban J connectivity index is 1.41.